The second-order valence-electron chi connectivity index (χ2n) is 6.34. The predicted octanol–water partition coefficient (Wildman–Crippen LogP) is 4.54. The Balaban J connectivity index is 1.60. The highest BCUT2D eigenvalue weighted by Crippen LogP contribution is 2.43. The molecule has 0 fully saturated rings. The number of hydrogen-bond donors (Lipinski definition) is 1. The molecule has 1 aromatic heterocycles. The molecule has 0 spiro atoms. The highest BCUT2D eigenvalue weighted by atomic mass is 79.9. The van der Waals surface area contributed by atoms with E-state index in [9.17, 15) is 4.79 Å². The Kier molecular flexibility index (Phi) is 3.82. The highest BCUT2D eigenvalue weighted by molar-refractivity contribution is 9.10. The molecular formula is C20H15BrN2O4. The summed E-state index contributed by atoms with van der Waals surface area (Å²) < 4.78 is 17.3. The quantitative estimate of drug-likeness (QED) is 0.665. The topological polar surface area (TPSA) is 63.9 Å². The van der Waals surface area contributed by atoms with Crippen molar-refractivity contribution in [1.29, 1.82) is 0 Å². The Hall–Kier alpha value is -2.93. The van der Waals surface area contributed by atoms with Gasteiger partial charge in [0.1, 0.15) is 11.9 Å². The van der Waals surface area contributed by atoms with Gasteiger partial charge in [0.25, 0.3) is 5.91 Å². The van der Waals surface area contributed by atoms with Gasteiger partial charge in [0.2, 0.25) is 6.79 Å². The monoisotopic (exact) mass is 426 g/mol. The molecular weight excluding hydrogens is 412 g/mol. The summed E-state index contributed by atoms with van der Waals surface area (Å²) in [5.74, 6) is 2.00. The molecule has 0 radical (unpaired) electrons. The van der Waals surface area contributed by atoms with Crippen molar-refractivity contribution < 1.29 is 18.7 Å². The molecule has 136 valence electrons. The molecule has 2 aliphatic heterocycles. The summed E-state index contributed by atoms with van der Waals surface area (Å²) >= 11 is 3.54. The number of hydrogen-bond acceptors (Lipinski definition) is 5. The first kappa shape index (κ1) is 16.3. The Morgan fingerprint density at radius 2 is 2.04 bits per heavy atom. The van der Waals surface area contributed by atoms with Crippen molar-refractivity contribution in [3.05, 3.63) is 76.2 Å². The van der Waals surface area contributed by atoms with Crippen LogP contribution in [-0.2, 0) is 6.54 Å². The SMILES string of the molecule is O=C1c2ccccc2N[C@H](c2cc(Br)c3c(c2)OCO3)N1Cc1ccco1. The zero-order chi connectivity index (χ0) is 18.4. The van der Waals surface area contributed by atoms with Crippen LogP contribution in [0.2, 0.25) is 0 Å². The van der Waals surface area contributed by atoms with Gasteiger partial charge in [-0.3, -0.25) is 4.79 Å². The lowest BCUT2D eigenvalue weighted by molar-refractivity contribution is 0.0651. The van der Waals surface area contributed by atoms with Crippen molar-refractivity contribution >= 4 is 27.5 Å². The zero-order valence-corrected chi connectivity index (χ0v) is 15.7. The van der Waals surface area contributed by atoms with Crippen molar-refractivity contribution in [2.24, 2.45) is 0 Å². The minimum atomic E-state index is -0.372. The van der Waals surface area contributed by atoms with Crippen molar-refractivity contribution in [2.45, 2.75) is 12.7 Å². The number of para-hydroxylation sites is 1. The van der Waals surface area contributed by atoms with Gasteiger partial charge in [-0.1, -0.05) is 12.1 Å². The average molecular weight is 427 g/mol. The number of furan rings is 1. The summed E-state index contributed by atoms with van der Waals surface area (Å²) in [4.78, 5) is 15.0. The van der Waals surface area contributed by atoms with Gasteiger partial charge in [-0.2, -0.15) is 0 Å². The number of anilines is 1. The first-order valence-corrected chi connectivity index (χ1v) is 9.28. The molecule has 5 rings (SSSR count). The van der Waals surface area contributed by atoms with E-state index in [4.69, 9.17) is 13.9 Å². The number of halogens is 1. The van der Waals surface area contributed by atoms with Gasteiger partial charge in [-0.15, -0.1) is 0 Å². The summed E-state index contributed by atoms with van der Waals surface area (Å²) in [5, 5.41) is 3.47. The van der Waals surface area contributed by atoms with Crippen LogP contribution >= 0.6 is 15.9 Å². The maximum absolute atomic E-state index is 13.2. The lowest BCUT2D eigenvalue weighted by Crippen LogP contribution is -2.42. The molecule has 2 aliphatic rings. The lowest BCUT2D eigenvalue weighted by Gasteiger charge is -2.37. The molecule has 2 aromatic carbocycles. The minimum Gasteiger partial charge on any atom is -0.467 e. The van der Waals surface area contributed by atoms with Gasteiger partial charge in [-0.05, 0) is 57.9 Å². The van der Waals surface area contributed by atoms with Crippen LogP contribution in [0.4, 0.5) is 5.69 Å². The van der Waals surface area contributed by atoms with Crippen LogP contribution in [0, 0.1) is 0 Å². The van der Waals surface area contributed by atoms with Gasteiger partial charge in [0.15, 0.2) is 11.5 Å². The van der Waals surface area contributed by atoms with E-state index in [2.05, 4.69) is 21.2 Å². The van der Waals surface area contributed by atoms with E-state index >= 15 is 0 Å². The molecule has 1 N–H and O–H groups in total. The minimum absolute atomic E-state index is 0.0560. The molecule has 7 heteroatoms. The Morgan fingerprint density at radius 1 is 1.15 bits per heavy atom. The van der Waals surface area contributed by atoms with Gasteiger partial charge >= 0.3 is 0 Å². The smallest absolute Gasteiger partial charge is 0.258 e. The van der Waals surface area contributed by atoms with Gasteiger partial charge in [-0.25, -0.2) is 0 Å². The molecule has 3 heterocycles. The molecule has 0 aliphatic carbocycles. The first-order chi connectivity index (χ1) is 13.2. The van der Waals surface area contributed by atoms with Crippen LogP contribution in [0.25, 0.3) is 0 Å². The second kappa shape index (κ2) is 6.35. The van der Waals surface area contributed by atoms with Crippen molar-refractivity contribution in [3.63, 3.8) is 0 Å². The van der Waals surface area contributed by atoms with E-state index in [-0.39, 0.29) is 18.9 Å². The van der Waals surface area contributed by atoms with Crippen LogP contribution in [0.15, 0.2) is 63.7 Å². The number of carbonyl (C=O) groups is 1. The predicted molar refractivity (Wildman–Crippen MR) is 102 cm³/mol. The standard InChI is InChI=1S/C20H15BrN2O4/c21-15-8-12(9-17-18(15)27-11-26-17)19-22-16-6-2-1-5-14(16)20(24)23(19)10-13-4-3-7-25-13/h1-9,19,22H,10-11H2/t19-/m0/s1. The molecule has 3 aromatic rings. The van der Waals surface area contributed by atoms with E-state index in [1.165, 1.54) is 0 Å². The van der Waals surface area contributed by atoms with Gasteiger partial charge in [0.05, 0.1) is 22.8 Å². The summed E-state index contributed by atoms with van der Waals surface area (Å²) in [5.41, 5.74) is 2.33. The van der Waals surface area contributed by atoms with Crippen LogP contribution in [0.5, 0.6) is 11.5 Å². The first-order valence-electron chi connectivity index (χ1n) is 8.48. The summed E-state index contributed by atoms with van der Waals surface area (Å²) in [6, 6.07) is 15.0. The third-order valence-electron chi connectivity index (χ3n) is 4.69. The Morgan fingerprint density at radius 3 is 2.89 bits per heavy atom. The van der Waals surface area contributed by atoms with Crippen LogP contribution in [0.3, 0.4) is 0 Å². The van der Waals surface area contributed by atoms with Gasteiger partial charge in [0, 0.05) is 5.69 Å². The number of ether oxygens (including phenoxy) is 2. The van der Waals surface area contributed by atoms with E-state index in [0.717, 1.165) is 15.7 Å². The van der Waals surface area contributed by atoms with Crippen molar-refractivity contribution in [2.75, 3.05) is 12.1 Å². The van der Waals surface area contributed by atoms with E-state index in [0.29, 0.717) is 29.4 Å². The summed E-state index contributed by atoms with van der Waals surface area (Å²) in [7, 11) is 0. The molecule has 6 nitrogen and oxygen atoms in total. The molecule has 1 amide bonds. The Bertz CT molecular complexity index is 1020. The van der Waals surface area contributed by atoms with E-state index in [1.54, 1.807) is 11.2 Å². The maximum Gasteiger partial charge on any atom is 0.258 e. The number of nitrogens with zero attached hydrogens (tertiary/aromatic N) is 1. The average Bonchev–Trinajstić information content (AvgIpc) is 3.35. The number of rotatable bonds is 3. The molecule has 1 atom stereocenters. The molecule has 0 saturated heterocycles. The van der Waals surface area contributed by atoms with Crippen LogP contribution in [-0.4, -0.2) is 17.6 Å². The van der Waals surface area contributed by atoms with Gasteiger partial charge < -0.3 is 24.1 Å². The fourth-order valence-electron chi connectivity index (χ4n) is 3.43. The molecule has 0 saturated carbocycles. The number of amides is 1. The fraction of sp³-hybridized carbons (Fsp3) is 0.150. The largest absolute Gasteiger partial charge is 0.467 e. The molecule has 27 heavy (non-hydrogen) atoms. The number of nitrogens with one attached hydrogen (secondary N) is 1. The molecule has 0 bridgehead atoms. The second-order valence-corrected chi connectivity index (χ2v) is 7.20. The highest BCUT2D eigenvalue weighted by Gasteiger charge is 2.34. The normalized spacial score (nSPS) is 17.6. The summed E-state index contributed by atoms with van der Waals surface area (Å²) in [6.45, 7) is 0.539. The number of benzene rings is 2. The third kappa shape index (κ3) is 2.75. The van der Waals surface area contributed by atoms with E-state index < -0.39 is 0 Å². The number of carbonyl (C=O) groups excluding carboxylic acids is 1. The maximum atomic E-state index is 13.2. The summed E-state index contributed by atoms with van der Waals surface area (Å²) in [6.07, 6.45) is 1.24. The van der Waals surface area contributed by atoms with Crippen LogP contribution in [0.1, 0.15) is 27.8 Å². The Labute approximate surface area is 163 Å². The molecule has 0 unspecified atom stereocenters. The third-order valence-corrected chi connectivity index (χ3v) is 5.28. The fourth-order valence-corrected chi connectivity index (χ4v) is 4.01. The van der Waals surface area contributed by atoms with Crippen molar-refractivity contribution in [3.8, 4) is 11.5 Å². The van der Waals surface area contributed by atoms with Crippen LogP contribution < -0.4 is 14.8 Å². The van der Waals surface area contributed by atoms with E-state index in [1.807, 2.05) is 48.5 Å². The zero-order valence-electron chi connectivity index (χ0n) is 14.1. The number of fused-ring (bicyclic) bond motifs is 2. The van der Waals surface area contributed by atoms with Crippen molar-refractivity contribution in [1.82, 2.24) is 4.90 Å². The lowest BCUT2D eigenvalue weighted by atomic mass is 10.0.